The Morgan fingerprint density at radius 2 is 1.83 bits per heavy atom. The predicted molar refractivity (Wildman–Crippen MR) is 136 cm³/mol. The van der Waals surface area contributed by atoms with Crippen LogP contribution in [-0.2, 0) is 20.4 Å². The number of halogens is 1. The molecule has 1 aliphatic rings. The van der Waals surface area contributed by atoms with Gasteiger partial charge in [0.25, 0.3) is 0 Å². The Hall–Kier alpha value is -3.30. The topological polar surface area (TPSA) is 88.6 Å². The number of sulfonamides is 1. The Balaban J connectivity index is 1.49. The number of carbonyl (C=O) groups excluding carboxylic acids is 1. The highest BCUT2D eigenvalue weighted by Gasteiger charge is 2.43. The fraction of sp³-hybridized carbons (Fsp3) is 0.333. The van der Waals surface area contributed by atoms with Gasteiger partial charge in [0, 0.05) is 31.3 Å². The number of nitrogens with one attached hydrogen (secondary N) is 1. The van der Waals surface area contributed by atoms with Crippen LogP contribution in [-0.4, -0.2) is 43.7 Å². The molecule has 0 saturated carbocycles. The summed E-state index contributed by atoms with van der Waals surface area (Å²) < 4.78 is 45.0. The van der Waals surface area contributed by atoms with Crippen LogP contribution in [0.15, 0.2) is 72.9 Å². The van der Waals surface area contributed by atoms with Gasteiger partial charge in [-0.05, 0) is 55.2 Å². The SMILES string of the molecule is C[C@@H](c1ccc(-c2ccccn2)cc1)N1CC[C@@](CCCNS(C)(=O)=O)(c2ccc(F)cc2)OC1=O. The van der Waals surface area contributed by atoms with Crippen LogP contribution < -0.4 is 4.72 Å². The fourth-order valence-electron chi connectivity index (χ4n) is 4.58. The molecule has 1 N–H and O–H groups in total. The third-order valence-electron chi connectivity index (χ3n) is 6.59. The summed E-state index contributed by atoms with van der Waals surface area (Å²) in [5.41, 5.74) is 2.58. The van der Waals surface area contributed by atoms with Gasteiger partial charge in [-0.25, -0.2) is 22.3 Å². The van der Waals surface area contributed by atoms with Crippen LogP contribution in [0.3, 0.4) is 0 Å². The Morgan fingerprint density at radius 3 is 2.44 bits per heavy atom. The van der Waals surface area contributed by atoms with E-state index in [1.807, 2.05) is 49.4 Å². The molecule has 9 heteroatoms. The molecule has 0 unspecified atom stereocenters. The number of cyclic esters (lactones) is 1. The van der Waals surface area contributed by atoms with E-state index < -0.39 is 21.7 Å². The van der Waals surface area contributed by atoms with Crippen molar-refractivity contribution in [2.24, 2.45) is 0 Å². The summed E-state index contributed by atoms with van der Waals surface area (Å²) in [6, 6.07) is 19.4. The molecule has 0 aliphatic carbocycles. The fourth-order valence-corrected chi connectivity index (χ4v) is 5.09. The highest BCUT2D eigenvalue weighted by atomic mass is 32.2. The molecule has 0 spiro atoms. The van der Waals surface area contributed by atoms with E-state index in [2.05, 4.69) is 9.71 Å². The number of ether oxygens (including phenoxy) is 1. The van der Waals surface area contributed by atoms with E-state index in [0.29, 0.717) is 31.4 Å². The van der Waals surface area contributed by atoms with Gasteiger partial charge in [-0.15, -0.1) is 0 Å². The third kappa shape index (κ3) is 6.09. The first-order chi connectivity index (χ1) is 17.2. The summed E-state index contributed by atoms with van der Waals surface area (Å²) in [5, 5.41) is 0. The van der Waals surface area contributed by atoms with Crippen LogP contribution in [0.2, 0.25) is 0 Å². The number of aromatic nitrogens is 1. The highest BCUT2D eigenvalue weighted by Crippen LogP contribution is 2.40. The van der Waals surface area contributed by atoms with Crippen LogP contribution in [0, 0.1) is 5.82 Å². The third-order valence-corrected chi connectivity index (χ3v) is 7.32. The predicted octanol–water partition coefficient (Wildman–Crippen LogP) is 5.02. The number of carbonyl (C=O) groups is 1. The zero-order chi connectivity index (χ0) is 25.8. The van der Waals surface area contributed by atoms with E-state index in [-0.39, 0.29) is 18.4 Å². The van der Waals surface area contributed by atoms with E-state index in [0.717, 1.165) is 23.1 Å². The highest BCUT2D eigenvalue weighted by molar-refractivity contribution is 7.88. The molecule has 2 atom stereocenters. The van der Waals surface area contributed by atoms with Crippen molar-refractivity contribution in [3.8, 4) is 11.3 Å². The van der Waals surface area contributed by atoms with Crippen LogP contribution in [0.25, 0.3) is 11.3 Å². The minimum absolute atomic E-state index is 0.214. The Kier molecular flexibility index (Phi) is 7.70. The molecule has 190 valence electrons. The lowest BCUT2D eigenvalue weighted by molar-refractivity contribution is -0.0662. The first-order valence-corrected chi connectivity index (χ1v) is 13.8. The van der Waals surface area contributed by atoms with Gasteiger partial charge < -0.3 is 9.64 Å². The van der Waals surface area contributed by atoms with Crippen molar-refractivity contribution in [1.29, 1.82) is 0 Å². The van der Waals surface area contributed by atoms with Crippen LogP contribution in [0.4, 0.5) is 9.18 Å². The number of hydrogen-bond donors (Lipinski definition) is 1. The summed E-state index contributed by atoms with van der Waals surface area (Å²) in [5.74, 6) is -0.376. The van der Waals surface area contributed by atoms with E-state index >= 15 is 0 Å². The summed E-state index contributed by atoms with van der Waals surface area (Å²) in [6.45, 7) is 2.62. The minimum Gasteiger partial charge on any atom is -0.438 e. The average Bonchev–Trinajstić information content (AvgIpc) is 2.87. The number of hydrogen-bond acceptors (Lipinski definition) is 5. The average molecular weight is 512 g/mol. The standard InChI is InChI=1S/C27H30FN3O4S/c1-20(21-7-9-22(10-8-21)25-6-3-4-17-29-25)31-19-16-27(35-26(31)32,15-5-18-30-36(2,33)34)23-11-13-24(28)14-12-23/h3-4,6-14,17,20,30H,5,15-16,18-19H2,1-2H3/t20-,27-/m0/s1. The van der Waals surface area contributed by atoms with Gasteiger partial charge in [-0.3, -0.25) is 4.98 Å². The number of benzene rings is 2. The molecule has 2 heterocycles. The Bertz CT molecular complexity index is 1280. The van der Waals surface area contributed by atoms with Gasteiger partial charge >= 0.3 is 6.09 Å². The molecular formula is C27H30FN3O4S. The first kappa shape index (κ1) is 25.8. The molecule has 2 aromatic carbocycles. The van der Waals surface area contributed by atoms with Crippen molar-refractivity contribution >= 4 is 16.1 Å². The van der Waals surface area contributed by atoms with Gasteiger partial charge in [-0.2, -0.15) is 0 Å². The molecule has 0 bridgehead atoms. The van der Waals surface area contributed by atoms with Gasteiger partial charge in [0.1, 0.15) is 11.4 Å². The van der Waals surface area contributed by atoms with Crippen molar-refractivity contribution in [1.82, 2.24) is 14.6 Å². The molecule has 7 nitrogen and oxygen atoms in total. The zero-order valence-corrected chi connectivity index (χ0v) is 21.2. The zero-order valence-electron chi connectivity index (χ0n) is 20.4. The van der Waals surface area contributed by atoms with Crippen molar-refractivity contribution in [2.75, 3.05) is 19.3 Å². The smallest absolute Gasteiger partial charge is 0.411 e. The molecule has 0 radical (unpaired) electrons. The number of rotatable bonds is 9. The largest absolute Gasteiger partial charge is 0.438 e. The van der Waals surface area contributed by atoms with Crippen molar-refractivity contribution in [3.63, 3.8) is 0 Å². The second-order valence-electron chi connectivity index (χ2n) is 9.10. The summed E-state index contributed by atoms with van der Waals surface area (Å²) in [7, 11) is -3.32. The van der Waals surface area contributed by atoms with Crippen LogP contribution >= 0.6 is 0 Å². The first-order valence-electron chi connectivity index (χ1n) is 11.9. The molecule has 1 amide bonds. The number of pyridine rings is 1. The minimum atomic E-state index is -3.32. The molecule has 1 aliphatic heterocycles. The van der Waals surface area contributed by atoms with Crippen molar-refractivity contribution < 1.29 is 22.3 Å². The Morgan fingerprint density at radius 1 is 1.11 bits per heavy atom. The summed E-state index contributed by atoms with van der Waals surface area (Å²) in [6.07, 6.45) is 3.77. The maximum absolute atomic E-state index is 13.6. The molecule has 1 saturated heterocycles. The Labute approximate surface area is 211 Å². The van der Waals surface area contributed by atoms with Gasteiger partial charge in [0.05, 0.1) is 18.0 Å². The second kappa shape index (κ2) is 10.8. The lowest BCUT2D eigenvalue weighted by Crippen LogP contribution is -2.49. The maximum Gasteiger partial charge on any atom is 0.411 e. The van der Waals surface area contributed by atoms with Crippen molar-refractivity contribution in [2.45, 2.75) is 37.8 Å². The van der Waals surface area contributed by atoms with Gasteiger partial charge in [-0.1, -0.05) is 42.5 Å². The van der Waals surface area contributed by atoms with E-state index in [4.69, 9.17) is 4.74 Å². The number of nitrogens with zero attached hydrogens (tertiary/aromatic N) is 2. The molecule has 4 rings (SSSR count). The normalized spacial score (nSPS) is 19.1. The van der Waals surface area contributed by atoms with E-state index in [1.54, 1.807) is 23.2 Å². The lowest BCUT2D eigenvalue weighted by atomic mass is 9.84. The van der Waals surface area contributed by atoms with Gasteiger partial charge in [0.15, 0.2) is 0 Å². The summed E-state index contributed by atoms with van der Waals surface area (Å²) in [4.78, 5) is 19.3. The maximum atomic E-state index is 13.6. The summed E-state index contributed by atoms with van der Waals surface area (Å²) >= 11 is 0. The number of amides is 1. The quantitative estimate of drug-likeness (QED) is 0.408. The second-order valence-corrected chi connectivity index (χ2v) is 10.9. The lowest BCUT2D eigenvalue weighted by Gasteiger charge is -2.43. The molecular weight excluding hydrogens is 481 g/mol. The van der Waals surface area contributed by atoms with Crippen LogP contribution in [0.5, 0.6) is 0 Å². The van der Waals surface area contributed by atoms with Crippen molar-refractivity contribution in [3.05, 3.63) is 89.9 Å². The monoisotopic (exact) mass is 511 g/mol. The molecule has 36 heavy (non-hydrogen) atoms. The molecule has 1 aromatic heterocycles. The van der Waals surface area contributed by atoms with Gasteiger partial charge in [0.2, 0.25) is 10.0 Å². The molecule has 1 fully saturated rings. The van der Waals surface area contributed by atoms with E-state index in [1.165, 1.54) is 12.1 Å². The van der Waals surface area contributed by atoms with E-state index in [9.17, 15) is 17.6 Å². The van der Waals surface area contributed by atoms with Crippen LogP contribution in [0.1, 0.15) is 43.4 Å². The molecule has 3 aromatic rings.